The van der Waals surface area contributed by atoms with Gasteiger partial charge in [0, 0.05) is 6.42 Å². The molecule has 0 saturated carbocycles. The van der Waals surface area contributed by atoms with Crippen molar-refractivity contribution in [1.82, 2.24) is 0 Å². The van der Waals surface area contributed by atoms with Crippen molar-refractivity contribution in [2.24, 2.45) is 11.8 Å². The van der Waals surface area contributed by atoms with Crippen LogP contribution in [0.4, 0.5) is 0 Å². The Hall–Kier alpha value is -0.940. The molecule has 3 saturated heterocycles. The lowest BCUT2D eigenvalue weighted by atomic mass is 9.67. The van der Waals surface area contributed by atoms with Gasteiger partial charge in [-0.1, -0.05) is 0 Å². The molecule has 0 spiro atoms. The first-order valence-corrected chi connectivity index (χ1v) is 5.02. The van der Waals surface area contributed by atoms with Crippen LogP contribution in [0.3, 0.4) is 0 Å². The van der Waals surface area contributed by atoms with Crippen LogP contribution in [0.15, 0.2) is 0 Å². The molecule has 0 aromatic rings. The van der Waals surface area contributed by atoms with E-state index in [1.807, 2.05) is 0 Å². The molecule has 0 aromatic heterocycles. The number of aliphatic hydroxyl groups is 1. The molecule has 0 aliphatic carbocycles. The number of hydrogen-bond donors (Lipinski definition) is 1. The van der Waals surface area contributed by atoms with Crippen LogP contribution in [0.25, 0.3) is 0 Å². The molecule has 0 radical (unpaired) electrons. The Morgan fingerprint density at radius 2 is 1.87 bits per heavy atom. The number of hydrogen-bond acceptors (Lipinski definition) is 5. The topological polar surface area (TPSA) is 72.8 Å². The van der Waals surface area contributed by atoms with E-state index in [-0.39, 0.29) is 0 Å². The first-order valence-electron chi connectivity index (χ1n) is 5.02. The van der Waals surface area contributed by atoms with Gasteiger partial charge in [-0.15, -0.1) is 0 Å². The van der Waals surface area contributed by atoms with Crippen molar-refractivity contribution in [2.45, 2.75) is 37.6 Å². The lowest BCUT2D eigenvalue weighted by Crippen LogP contribution is -2.48. The third-order valence-corrected chi connectivity index (χ3v) is 4.03. The van der Waals surface area contributed by atoms with E-state index in [2.05, 4.69) is 4.74 Å². The van der Waals surface area contributed by atoms with E-state index in [0.717, 1.165) is 0 Å². The molecule has 82 valence electrons. The van der Waals surface area contributed by atoms with Crippen molar-refractivity contribution in [2.75, 3.05) is 0 Å². The Kier molecular flexibility index (Phi) is 1.39. The molecule has 3 heterocycles. The minimum atomic E-state index is -0.956. The Balaban J connectivity index is 2.14. The average molecular weight is 212 g/mol. The number of ether oxygens (including phenoxy) is 2. The Bertz CT molecular complexity index is 378. The van der Waals surface area contributed by atoms with Crippen molar-refractivity contribution in [1.29, 1.82) is 0 Å². The number of fused-ring (bicyclic) bond motifs is 5. The summed E-state index contributed by atoms with van der Waals surface area (Å²) < 4.78 is 10.3. The zero-order valence-electron chi connectivity index (χ0n) is 8.52. The van der Waals surface area contributed by atoms with Crippen LogP contribution in [-0.4, -0.2) is 34.4 Å². The number of cyclic esters (lactones) is 2. The summed E-state index contributed by atoms with van der Waals surface area (Å²) in [6, 6.07) is 0. The molecule has 5 atom stereocenters. The molecular formula is C10H12O5. The largest absolute Gasteiger partial charge is 0.393 e. The molecule has 2 unspecified atom stereocenters. The number of aliphatic hydroxyl groups excluding tert-OH is 1. The maximum atomic E-state index is 11.5. The summed E-state index contributed by atoms with van der Waals surface area (Å²) in [5.74, 6) is -2.25. The molecular weight excluding hydrogens is 200 g/mol. The Morgan fingerprint density at radius 3 is 2.53 bits per heavy atom. The van der Waals surface area contributed by atoms with Gasteiger partial charge in [0.2, 0.25) is 0 Å². The van der Waals surface area contributed by atoms with Crippen LogP contribution in [-0.2, 0) is 19.1 Å². The van der Waals surface area contributed by atoms with Crippen LogP contribution in [0.2, 0.25) is 0 Å². The average Bonchev–Trinajstić information content (AvgIpc) is 2.58. The van der Waals surface area contributed by atoms with E-state index in [9.17, 15) is 14.7 Å². The van der Waals surface area contributed by atoms with Crippen LogP contribution in [0, 0.1) is 11.8 Å². The van der Waals surface area contributed by atoms with Crippen LogP contribution >= 0.6 is 0 Å². The predicted octanol–water partition coefficient (Wildman–Crippen LogP) is -0.386. The third-order valence-electron chi connectivity index (χ3n) is 4.03. The summed E-state index contributed by atoms with van der Waals surface area (Å²) in [7, 11) is 0. The lowest BCUT2D eigenvalue weighted by Gasteiger charge is -2.30. The lowest BCUT2D eigenvalue weighted by molar-refractivity contribution is -0.162. The van der Waals surface area contributed by atoms with Gasteiger partial charge in [0.1, 0.15) is 17.4 Å². The molecule has 0 aromatic carbocycles. The Morgan fingerprint density at radius 1 is 1.27 bits per heavy atom. The molecule has 2 bridgehead atoms. The van der Waals surface area contributed by atoms with Crippen LogP contribution in [0.1, 0.15) is 20.3 Å². The summed E-state index contributed by atoms with van der Waals surface area (Å²) in [6.45, 7) is 3.43. The van der Waals surface area contributed by atoms with Crippen LogP contribution in [0.5, 0.6) is 0 Å². The van der Waals surface area contributed by atoms with Gasteiger partial charge < -0.3 is 14.6 Å². The second-order valence-corrected chi connectivity index (χ2v) is 5.01. The fourth-order valence-electron chi connectivity index (χ4n) is 3.32. The van der Waals surface area contributed by atoms with Gasteiger partial charge >= 0.3 is 11.9 Å². The zero-order chi connectivity index (χ0) is 11.0. The van der Waals surface area contributed by atoms with E-state index in [0.29, 0.717) is 6.42 Å². The number of carbonyl (C=O) groups is 2. The SMILES string of the molecule is CC12C[C@@H](O)C(C)(O1)[C@H]1C(=O)OC(=O)[C@H]12. The zero-order valence-corrected chi connectivity index (χ0v) is 8.52. The fourth-order valence-corrected chi connectivity index (χ4v) is 3.32. The van der Waals surface area contributed by atoms with Gasteiger partial charge in [0.25, 0.3) is 0 Å². The van der Waals surface area contributed by atoms with Crippen molar-refractivity contribution >= 4 is 11.9 Å². The quantitative estimate of drug-likeness (QED) is 0.437. The van der Waals surface area contributed by atoms with Crippen molar-refractivity contribution < 1.29 is 24.2 Å². The third kappa shape index (κ3) is 0.823. The second kappa shape index (κ2) is 2.25. The van der Waals surface area contributed by atoms with Gasteiger partial charge in [-0.05, 0) is 13.8 Å². The van der Waals surface area contributed by atoms with Gasteiger partial charge in [0.15, 0.2) is 0 Å². The summed E-state index contributed by atoms with van der Waals surface area (Å²) >= 11 is 0. The van der Waals surface area contributed by atoms with Gasteiger partial charge in [0.05, 0.1) is 11.7 Å². The summed E-state index contributed by atoms with van der Waals surface area (Å²) in [5, 5.41) is 9.85. The van der Waals surface area contributed by atoms with E-state index < -0.39 is 41.1 Å². The van der Waals surface area contributed by atoms with Gasteiger partial charge in [-0.2, -0.15) is 0 Å². The van der Waals surface area contributed by atoms with E-state index in [4.69, 9.17) is 4.74 Å². The number of rotatable bonds is 0. The monoisotopic (exact) mass is 212 g/mol. The normalized spacial score (nSPS) is 57.1. The minimum Gasteiger partial charge on any atom is -0.393 e. The molecule has 15 heavy (non-hydrogen) atoms. The maximum absolute atomic E-state index is 11.5. The molecule has 3 rings (SSSR count). The van der Waals surface area contributed by atoms with Gasteiger partial charge in [-0.25, -0.2) is 0 Å². The second-order valence-electron chi connectivity index (χ2n) is 5.01. The molecule has 5 heteroatoms. The van der Waals surface area contributed by atoms with Gasteiger partial charge in [-0.3, -0.25) is 9.59 Å². The summed E-state index contributed by atoms with van der Waals surface area (Å²) in [5.41, 5.74) is -1.70. The molecule has 3 fully saturated rings. The number of carbonyl (C=O) groups excluding carboxylic acids is 2. The first kappa shape index (κ1) is 9.30. The highest BCUT2D eigenvalue weighted by Crippen LogP contribution is 2.59. The van der Waals surface area contributed by atoms with Crippen molar-refractivity contribution in [3.05, 3.63) is 0 Å². The van der Waals surface area contributed by atoms with Crippen molar-refractivity contribution in [3.63, 3.8) is 0 Å². The Labute approximate surface area is 86.4 Å². The molecule has 3 aliphatic heterocycles. The van der Waals surface area contributed by atoms with Crippen LogP contribution < -0.4 is 0 Å². The standard InChI is InChI=1S/C10H12O5/c1-9-3-4(11)10(2,15-9)6-5(9)7(12)14-8(6)13/h4-6,11H,3H2,1-2H3/t4-,5+,6-,9?,10?/m1/s1. The molecule has 1 N–H and O–H groups in total. The summed E-state index contributed by atoms with van der Waals surface area (Å²) in [4.78, 5) is 23.0. The predicted molar refractivity (Wildman–Crippen MR) is 46.6 cm³/mol. The number of esters is 2. The maximum Gasteiger partial charge on any atom is 0.320 e. The highest BCUT2D eigenvalue weighted by molar-refractivity contribution is 5.99. The fraction of sp³-hybridized carbons (Fsp3) is 0.800. The summed E-state index contributed by atoms with van der Waals surface area (Å²) in [6.07, 6.45) is -0.324. The molecule has 3 aliphatic rings. The highest BCUT2D eigenvalue weighted by atomic mass is 16.6. The first-order chi connectivity index (χ1) is 6.88. The molecule has 0 amide bonds. The highest BCUT2D eigenvalue weighted by Gasteiger charge is 2.75. The van der Waals surface area contributed by atoms with E-state index >= 15 is 0 Å². The smallest absolute Gasteiger partial charge is 0.320 e. The van der Waals surface area contributed by atoms with E-state index in [1.165, 1.54) is 0 Å². The van der Waals surface area contributed by atoms with Crippen molar-refractivity contribution in [3.8, 4) is 0 Å². The minimum absolute atomic E-state index is 0.382. The molecule has 5 nitrogen and oxygen atoms in total. The van der Waals surface area contributed by atoms with E-state index in [1.54, 1.807) is 13.8 Å².